The third kappa shape index (κ3) is 5.16. The fourth-order valence-corrected chi connectivity index (χ4v) is 7.58. The maximum Gasteiger partial charge on any atom is 0.0636 e. The van der Waals surface area contributed by atoms with Crippen LogP contribution < -0.4 is 0 Å². The lowest BCUT2D eigenvalue weighted by atomic mass is 9.82. The Kier molecular flexibility index (Phi) is 5.69. The molecule has 0 saturated heterocycles. The zero-order valence-corrected chi connectivity index (χ0v) is 28.1. The SMILES string of the molecule is [2H]c1c([2H])c([2H])c2c(-c3cccc4ccccc34)c3c([2H])c([2H])c(-c4ccc5ccccc5c4)c([2H])c3c(-c3cc(-c4ccccc4)cc(-c4ccccc4)c3)c2c1[2H]. The van der Waals surface area contributed by atoms with Crippen molar-refractivity contribution in [3.63, 3.8) is 0 Å². The van der Waals surface area contributed by atoms with Gasteiger partial charge in [-0.1, -0.05) is 176 Å². The van der Waals surface area contributed by atoms with E-state index in [1.807, 2.05) is 158 Å². The van der Waals surface area contributed by atoms with Crippen molar-refractivity contribution in [3.8, 4) is 55.6 Å². The van der Waals surface area contributed by atoms with Gasteiger partial charge in [-0.05, 0) is 129 Å². The molecule has 0 aliphatic heterocycles. The van der Waals surface area contributed by atoms with E-state index in [1.54, 1.807) is 0 Å². The third-order valence-electron chi connectivity index (χ3n) is 10.0. The molecule has 0 nitrogen and oxygen atoms in total. The topological polar surface area (TPSA) is 0 Å². The average Bonchev–Trinajstić information content (AvgIpc) is 3.28. The second-order valence-corrected chi connectivity index (χ2v) is 13.1. The minimum atomic E-state index is -0.395. The molecular weight excluding hydrogens is 625 g/mol. The quantitative estimate of drug-likeness (QED) is 0.161. The molecule has 0 aliphatic carbocycles. The Labute approximate surface area is 313 Å². The van der Waals surface area contributed by atoms with Crippen LogP contribution in [0.25, 0.3) is 98.7 Å². The lowest BCUT2D eigenvalue weighted by molar-refractivity contribution is 1.58. The van der Waals surface area contributed by atoms with Gasteiger partial charge in [-0.3, -0.25) is 0 Å². The third-order valence-corrected chi connectivity index (χ3v) is 10.0. The Morgan fingerprint density at radius 3 is 1.60 bits per heavy atom. The monoisotopic (exact) mass is 665 g/mol. The summed E-state index contributed by atoms with van der Waals surface area (Å²) in [6.45, 7) is 0. The van der Waals surface area contributed by atoms with Gasteiger partial charge in [0, 0.05) is 0 Å². The second-order valence-electron chi connectivity index (χ2n) is 13.1. The van der Waals surface area contributed by atoms with Gasteiger partial charge >= 0.3 is 0 Å². The van der Waals surface area contributed by atoms with E-state index in [-0.39, 0.29) is 52.6 Å². The molecule has 0 amide bonds. The minimum Gasteiger partial charge on any atom is -0.0622 e. The number of benzene rings is 10. The van der Waals surface area contributed by atoms with Crippen LogP contribution in [0.2, 0.25) is 0 Å². The minimum absolute atomic E-state index is 0.00783. The summed E-state index contributed by atoms with van der Waals surface area (Å²) in [4.78, 5) is 0. The molecule has 10 aromatic rings. The molecule has 0 fully saturated rings. The van der Waals surface area contributed by atoms with Crippen LogP contribution in [-0.4, -0.2) is 0 Å². The molecule has 0 saturated carbocycles. The highest BCUT2D eigenvalue weighted by Gasteiger charge is 2.20. The number of hydrogen-bond donors (Lipinski definition) is 0. The Morgan fingerprint density at radius 2 is 0.865 bits per heavy atom. The summed E-state index contributed by atoms with van der Waals surface area (Å²) in [7, 11) is 0. The second kappa shape index (κ2) is 12.5. The van der Waals surface area contributed by atoms with Crippen molar-refractivity contribution in [1.82, 2.24) is 0 Å². The van der Waals surface area contributed by atoms with Crippen LogP contribution in [0.3, 0.4) is 0 Å². The molecule has 0 spiro atoms. The largest absolute Gasteiger partial charge is 0.0636 e. The average molecular weight is 666 g/mol. The van der Waals surface area contributed by atoms with Crippen LogP contribution in [0.15, 0.2) is 206 Å². The summed E-state index contributed by atoms with van der Waals surface area (Å²) in [5.74, 6) is 0. The van der Waals surface area contributed by atoms with Crippen molar-refractivity contribution in [2.24, 2.45) is 0 Å². The van der Waals surface area contributed by atoms with E-state index in [2.05, 4.69) is 6.07 Å². The summed E-state index contributed by atoms with van der Waals surface area (Å²) in [6, 6.07) is 51.9. The number of rotatable bonds is 5. The van der Waals surface area contributed by atoms with Crippen molar-refractivity contribution in [3.05, 3.63) is 206 Å². The smallest absolute Gasteiger partial charge is 0.0622 e. The van der Waals surface area contributed by atoms with Crippen LogP contribution in [-0.2, 0) is 0 Å². The Bertz CT molecular complexity index is 3280. The Balaban J connectivity index is 1.47. The van der Waals surface area contributed by atoms with Gasteiger partial charge in [0.2, 0.25) is 0 Å². The van der Waals surface area contributed by atoms with Crippen LogP contribution in [0.5, 0.6) is 0 Å². The predicted molar refractivity (Wildman–Crippen MR) is 224 cm³/mol. The molecule has 10 aromatic carbocycles. The van der Waals surface area contributed by atoms with E-state index in [4.69, 9.17) is 2.74 Å². The summed E-state index contributed by atoms with van der Waals surface area (Å²) in [6.07, 6.45) is 0. The summed E-state index contributed by atoms with van der Waals surface area (Å²) in [5.41, 5.74) is 6.67. The van der Waals surface area contributed by atoms with Gasteiger partial charge < -0.3 is 0 Å². The van der Waals surface area contributed by atoms with E-state index >= 15 is 0 Å². The molecule has 0 radical (unpaired) electrons. The molecule has 0 unspecified atom stereocenters. The molecule has 0 heteroatoms. The molecule has 10 rings (SSSR count). The zero-order valence-electron chi connectivity index (χ0n) is 35.1. The summed E-state index contributed by atoms with van der Waals surface area (Å²) >= 11 is 0. The van der Waals surface area contributed by atoms with E-state index in [9.17, 15) is 6.85 Å². The van der Waals surface area contributed by atoms with Gasteiger partial charge in [0.1, 0.15) is 0 Å². The highest BCUT2D eigenvalue weighted by molar-refractivity contribution is 6.24. The van der Waals surface area contributed by atoms with E-state index in [1.165, 1.54) is 0 Å². The van der Waals surface area contributed by atoms with Crippen molar-refractivity contribution in [1.29, 1.82) is 0 Å². The fourth-order valence-electron chi connectivity index (χ4n) is 7.58. The number of hydrogen-bond acceptors (Lipinski definition) is 0. The molecule has 0 aromatic heterocycles. The maximum atomic E-state index is 10.3. The van der Waals surface area contributed by atoms with Crippen LogP contribution in [0.1, 0.15) is 9.60 Å². The van der Waals surface area contributed by atoms with Gasteiger partial charge in [-0.2, -0.15) is 0 Å². The molecule has 0 atom stereocenters. The highest BCUT2D eigenvalue weighted by Crippen LogP contribution is 2.47. The molecular formula is C52H34. The predicted octanol–water partition coefficient (Wildman–Crippen LogP) is 14.6. The summed E-state index contributed by atoms with van der Waals surface area (Å²) < 4.78 is 67.3. The first-order valence-electron chi connectivity index (χ1n) is 20.9. The molecule has 242 valence electrons. The highest BCUT2D eigenvalue weighted by atomic mass is 14.2. The lowest BCUT2D eigenvalue weighted by Gasteiger charge is -2.21. The first-order valence-corrected chi connectivity index (χ1v) is 17.4. The van der Waals surface area contributed by atoms with Crippen molar-refractivity contribution in [2.75, 3.05) is 0 Å². The summed E-state index contributed by atoms with van der Waals surface area (Å²) in [5, 5.41) is 4.81. The van der Waals surface area contributed by atoms with Crippen molar-refractivity contribution < 1.29 is 9.60 Å². The lowest BCUT2D eigenvalue weighted by Crippen LogP contribution is -1.93. The standard InChI is InChI=1S/C52H34/c1-3-14-35(15-4-1)42-31-43(36-16-5-2-6-17-36)33-44(32-42)51-47-23-11-12-24-48(47)52(46-25-13-21-38-19-9-10-22-45(38)46)49-29-28-41(34-50(49)51)40-27-26-37-18-7-8-20-39(37)30-40/h1-34H/i11D,12D,23D,24D,28D,29D,34D. The van der Waals surface area contributed by atoms with Gasteiger partial charge in [0.25, 0.3) is 0 Å². The van der Waals surface area contributed by atoms with Gasteiger partial charge in [-0.25, -0.2) is 0 Å². The van der Waals surface area contributed by atoms with E-state index < -0.39 is 6.04 Å². The molecule has 0 N–H and O–H groups in total. The van der Waals surface area contributed by atoms with E-state index in [0.29, 0.717) is 38.6 Å². The van der Waals surface area contributed by atoms with Crippen LogP contribution in [0, 0.1) is 0 Å². The van der Waals surface area contributed by atoms with Gasteiger partial charge in [0.05, 0.1) is 9.60 Å². The van der Waals surface area contributed by atoms with Gasteiger partial charge in [-0.15, -0.1) is 0 Å². The van der Waals surface area contributed by atoms with E-state index in [0.717, 1.165) is 43.8 Å². The van der Waals surface area contributed by atoms with Gasteiger partial charge in [0.15, 0.2) is 0 Å². The molecule has 0 aliphatic rings. The number of fused-ring (bicyclic) bond motifs is 4. The normalized spacial score (nSPS) is 13.3. The van der Waals surface area contributed by atoms with Crippen LogP contribution in [0.4, 0.5) is 0 Å². The Hall–Kier alpha value is -6.76. The van der Waals surface area contributed by atoms with Crippen molar-refractivity contribution in [2.45, 2.75) is 0 Å². The maximum absolute atomic E-state index is 10.3. The zero-order chi connectivity index (χ0) is 40.5. The molecule has 0 bridgehead atoms. The van der Waals surface area contributed by atoms with Crippen molar-refractivity contribution >= 4 is 43.1 Å². The molecule has 52 heavy (non-hydrogen) atoms. The first-order chi connectivity index (χ1) is 28.7. The fraction of sp³-hybridized carbons (Fsp3) is 0. The molecule has 0 heterocycles. The van der Waals surface area contributed by atoms with Crippen LogP contribution >= 0.6 is 0 Å². The first kappa shape index (κ1) is 23.6. The Morgan fingerprint density at radius 1 is 0.288 bits per heavy atom.